The molecule has 0 unspecified atom stereocenters. The number of pyridine rings is 1. The summed E-state index contributed by atoms with van der Waals surface area (Å²) in [6, 6.07) is 6.03. The zero-order valence-corrected chi connectivity index (χ0v) is 19.3. The van der Waals surface area contributed by atoms with Crippen LogP contribution < -0.4 is 0 Å². The molecule has 0 aliphatic carbocycles. The van der Waals surface area contributed by atoms with Crippen LogP contribution in [0.5, 0.6) is 0 Å². The third-order valence-corrected chi connectivity index (χ3v) is 7.34. The van der Waals surface area contributed by atoms with Crippen molar-refractivity contribution in [2.75, 3.05) is 6.54 Å². The number of fused-ring (bicyclic) bond motifs is 3. The smallest absolute Gasteiger partial charge is 0.309 e. The third kappa shape index (κ3) is 4.48. The average molecular weight is 460 g/mol. The van der Waals surface area contributed by atoms with E-state index in [0.717, 1.165) is 33.0 Å². The summed E-state index contributed by atoms with van der Waals surface area (Å²) in [5.74, 6) is -0.746. The van der Waals surface area contributed by atoms with E-state index in [1.807, 2.05) is 22.4 Å². The minimum absolute atomic E-state index is 0.0794. The van der Waals surface area contributed by atoms with E-state index >= 15 is 0 Å². The zero-order chi connectivity index (χ0) is 22.2. The number of carbonyl (C=O) groups is 2. The zero-order valence-electron chi connectivity index (χ0n) is 17.7. The maximum atomic E-state index is 12.9. The molecule has 0 radical (unpaired) electrons. The molecule has 0 saturated heterocycles. The van der Waals surface area contributed by atoms with Crippen LogP contribution in [0, 0.1) is 5.41 Å². The number of hydrogen-bond donors (Lipinski definition) is 1. The molecule has 0 fully saturated rings. The molecule has 0 aromatic carbocycles. The summed E-state index contributed by atoms with van der Waals surface area (Å²) in [6.07, 6.45) is 4.02. The lowest BCUT2D eigenvalue weighted by molar-refractivity contribution is -0.147. The van der Waals surface area contributed by atoms with Crippen LogP contribution in [0.3, 0.4) is 0 Å². The van der Waals surface area contributed by atoms with Crippen LogP contribution in [0.15, 0.2) is 29.8 Å². The Labute approximate surface area is 190 Å². The van der Waals surface area contributed by atoms with E-state index in [1.165, 1.54) is 5.56 Å². The van der Waals surface area contributed by atoms with E-state index in [-0.39, 0.29) is 5.91 Å². The average Bonchev–Trinajstić information content (AvgIpc) is 3.29. The van der Waals surface area contributed by atoms with Gasteiger partial charge in [0.15, 0.2) is 0 Å². The van der Waals surface area contributed by atoms with Crippen molar-refractivity contribution in [3.8, 4) is 0 Å². The molecule has 1 N–H and O–H groups in total. The highest BCUT2D eigenvalue weighted by Crippen LogP contribution is 2.32. The number of aliphatic carboxylic acids is 1. The van der Waals surface area contributed by atoms with Gasteiger partial charge in [0.2, 0.25) is 5.91 Å². The van der Waals surface area contributed by atoms with Crippen molar-refractivity contribution in [2.45, 2.75) is 52.6 Å². The fraction of sp³-hybridized carbons (Fsp3) is 0.435. The molecule has 31 heavy (non-hydrogen) atoms. The highest BCUT2D eigenvalue weighted by atomic mass is 35.5. The fourth-order valence-corrected chi connectivity index (χ4v) is 5.24. The minimum atomic E-state index is -0.826. The number of thiophene rings is 1. The Balaban J connectivity index is 1.54. The van der Waals surface area contributed by atoms with E-state index < -0.39 is 11.4 Å². The first kappa shape index (κ1) is 21.8. The Morgan fingerprint density at radius 2 is 2.16 bits per heavy atom. The van der Waals surface area contributed by atoms with Crippen LogP contribution in [-0.2, 0) is 29.1 Å². The fourth-order valence-electron chi connectivity index (χ4n) is 4.18. The van der Waals surface area contributed by atoms with Gasteiger partial charge in [0.05, 0.1) is 23.5 Å². The van der Waals surface area contributed by atoms with Gasteiger partial charge in [-0.2, -0.15) is 0 Å². The molecule has 0 saturated carbocycles. The number of amides is 1. The Hall–Kier alpha value is -2.38. The minimum Gasteiger partial charge on any atom is -0.481 e. The first-order valence-electron chi connectivity index (χ1n) is 10.5. The van der Waals surface area contributed by atoms with Gasteiger partial charge in [0, 0.05) is 40.5 Å². The number of nitrogens with zero attached hydrogens (tertiary/aromatic N) is 3. The van der Waals surface area contributed by atoms with Crippen molar-refractivity contribution < 1.29 is 14.7 Å². The van der Waals surface area contributed by atoms with Crippen LogP contribution in [0.4, 0.5) is 0 Å². The second-order valence-corrected chi connectivity index (χ2v) is 10.2. The van der Waals surface area contributed by atoms with Gasteiger partial charge >= 0.3 is 5.97 Å². The number of carbonyl (C=O) groups excluding carboxylic acids is 1. The molecule has 164 valence electrons. The molecule has 1 amide bonds. The second-order valence-electron chi connectivity index (χ2n) is 8.73. The number of hydrogen-bond acceptors (Lipinski definition) is 4. The summed E-state index contributed by atoms with van der Waals surface area (Å²) in [5, 5.41) is 13.1. The Morgan fingerprint density at radius 1 is 1.35 bits per heavy atom. The van der Waals surface area contributed by atoms with Gasteiger partial charge in [-0.3, -0.25) is 9.59 Å². The third-order valence-electron chi connectivity index (χ3n) is 6.07. The molecular weight excluding hydrogens is 434 g/mol. The van der Waals surface area contributed by atoms with E-state index in [2.05, 4.69) is 15.6 Å². The molecule has 4 rings (SSSR count). The van der Waals surface area contributed by atoms with E-state index in [0.29, 0.717) is 38.9 Å². The lowest BCUT2D eigenvalue weighted by Gasteiger charge is -2.29. The summed E-state index contributed by atoms with van der Waals surface area (Å²) >= 11 is 7.74. The summed E-state index contributed by atoms with van der Waals surface area (Å²) < 4.78 is 2.21. The largest absolute Gasteiger partial charge is 0.481 e. The molecule has 0 spiro atoms. The lowest BCUT2D eigenvalue weighted by atomic mass is 9.87. The highest BCUT2D eigenvalue weighted by Gasteiger charge is 2.29. The second kappa shape index (κ2) is 8.63. The lowest BCUT2D eigenvalue weighted by Crippen LogP contribution is -2.36. The summed E-state index contributed by atoms with van der Waals surface area (Å²) in [4.78, 5) is 31.9. The molecule has 1 aliphatic heterocycles. The number of halogens is 1. The van der Waals surface area contributed by atoms with Crippen molar-refractivity contribution >= 4 is 45.8 Å². The van der Waals surface area contributed by atoms with Crippen molar-refractivity contribution in [3.63, 3.8) is 0 Å². The van der Waals surface area contributed by atoms with Gasteiger partial charge < -0.3 is 14.6 Å². The van der Waals surface area contributed by atoms with Crippen molar-refractivity contribution in [1.82, 2.24) is 14.5 Å². The molecule has 6 nitrogen and oxygen atoms in total. The predicted molar refractivity (Wildman–Crippen MR) is 123 cm³/mol. The topological polar surface area (TPSA) is 75.4 Å². The Kier molecular flexibility index (Phi) is 6.08. The quantitative estimate of drug-likeness (QED) is 0.541. The van der Waals surface area contributed by atoms with Gasteiger partial charge in [0.1, 0.15) is 5.65 Å². The number of carboxylic acid groups (broad SMARTS) is 1. The van der Waals surface area contributed by atoms with Gasteiger partial charge in [-0.1, -0.05) is 11.6 Å². The van der Waals surface area contributed by atoms with Crippen LogP contribution in [0.1, 0.15) is 49.2 Å². The van der Waals surface area contributed by atoms with Crippen LogP contribution in [0.2, 0.25) is 5.02 Å². The Bertz CT molecular complexity index is 1130. The molecule has 0 bridgehead atoms. The summed E-state index contributed by atoms with van der Waals surface area (Å²) in [5.41, 5.74) is 2.52. The monoisotopic (exact) mass is 459 g/mol. The van der Waals surface area contributed by atoms with Gasteiger partial charge in [-0.15, -0.1) is 11.3 Å². The van der Waals surface area contributed by atoms with Gasteiger partial charge in [0.25, 0.3) is 0 Å². The van der Waals surface area contributed by atoms with E-state index in [1.54, 1.807) is 31.4 Å². The normalized spacial score (nSPS) is 14.1. The van der Waals surface area contributed by atoms with Crippen LogP contribution in [-0.4, -0.2) is 38.0 Å². The molecule has 0 atom stereocenters. The molecule has 3 aromatic heterocycles. The van der Waals surface area contributed by atoms with Gasteiger partial charge in [-0.25, -0.2) is 4.98 Å². The molecule has 1 aliphatic rings. The van der Waals surface area contributed by atoms with Crippen molar-refractivity contribution in [3.05, 3.63) is 50.9 Å². The summed E-state index contributed by atoms with van der Waals surface area (Å²) in [6.45, 7) is 5.30. The first-order valence-corrected chi connectivity index (χ1v) is 11.7. The SMILES string of the molecule is CC(C)(CCCC(=O)N1CCc2c(n(Cc3cc(Cl)cs3)c3ncccc23)C1)C(=O)O. The molecule has 4 heterocycles. The van der Waals surface area contributed by atoms with E-state index in [4.69, 9.17) is 11.6 Å². The van der Waals surface area contributed by atoms with Crippen LogP contribution >= 0.6 is 22.9 Å². The van der Waals surface area contributed by atoms with Crippen molar-refractivity contribution in [2.24, 2.45) is 5.41 Å². The Morgan fingerprint density at radius 3 is 2.87 bits per heavy atom. The van der Waals surface area contributed by atoms with Crippen molar-refractivity contribution in [1.29, 1.82) is 0 Å². The predicted octanol–water partition coefficient (Wildman–Crippen LogP) is 4.97. The molecule has 8 heteroatoms. The molecule has 3 aromatic rings. The number of carboxylic acids is 1. The highest BCUT2D eigenvalue weighted by molar-refractivity contribution is 7.10. The van der Waals surface area contributed by atoms with Crippen LogP contribution in [0.25, 0.3) is 11.0 Å². The summed E-state index contributed by atoms with van der Waals surface area (Å²) in [7, 11) is 0. The standard InChI is InChI=1S/C23H26ClN3O3S/c1-23(2,22(29)30)8-3-6-20(28)26-10-7-17-18-5-4-9-25-21(18)27(19(17)13-26)12-16-11-15(24)14-31-16/h4-5,9,11,14H,3,6-8,10,12-13H2,1-2H3,(H,29,30). The number of aromatic nitrogens is 2. The van der Waals surface area contributed by atoms with Gasteiger partial charge in [-0.05, 0) is 56.9 Å². The number of rotatable bonds is 7. The maximum Gasteiger partial charge on any atom is 0.309 e. The maximum absolute atomic E-state index is 12.9. The molecular formula is C23H26ClN3O3S. The van der Waals surface area contributed by atoms with E-state index in [9.17, 15) is 14.7 Å². The first-order chi connectivity index (χ1) is 14.8.